The maximum Gasteiger partial charge on any atom is 0.308 e. The Bertz CT molecular complexity index is 1150. The molecule has 9 nitrogen and oxygen atoms in total. The van der Waals surface area contributed by atoms with Crippen LogP contribution in [-0.4, -0.2) is 49.9 Å². The van der Waals surface area contributed by atoms with Crippen LogP contribution >= 0.6 is 0 Å². The van der Waals surface area contributed by atoms with Crippen molar-refractivity contribution in [3.05, 3.63) is 58.7 Å². The fraction of sp³-hybridized carbons (Fsp3) is 0.250. The van der Waals surface area contributed by atoms with E-state index in [1.54, 1.807) is 12.1 Å². The van der Waals surface area contributed by atoms with E-state index in [0.717, 1.165) is 0 Å². The van der Waals surface area contributed by atoms with Gasteiger partial charge in [0.15, 0.2) is 11.5 Å². The summed E-state index contributed by atoms with van der Waals surface area (Å²) in [7, 11) is 3.86. The number of esters is 2. The smallest absolute Gasteiger partial charge is 0.308 e. The van der Waals surface area contributed by atoms with E-state index in [1.165, 1.54) is 52.5 Å². The van der Waals surface area contributed by atoms with Crippen molar-refractivity contribution in [1.29, 1.82) is 0 Å². The molecule has 0 fully saturated rings. The Balaban J connectivity index is 2.27. The zero-order valence-corrected chi connectivity index (χ0v) is 18.5. The molecule has 3 rings (SSSR count). The number of ether oxygens (including phenoxy) is 4. The summed E-state index contributed by atoms with van der Waals surface area (Å²) in [4.78, 5) is 49.6. The first-order chi connectivity index (χ1) is 15.7. The lowest BCUT2D eigenvalue weighted by molar-refractivity contribution is -0.141. The van der Waals surface area contributed by atoms with Gasteiger partial charge in [0, 0.05) is 24.0 Å². The average Bonchev–Trinajstić information content (AvgIpc) is 2.81. The second-order valence-corrected chi connectivity index (χ2v) is 7.15. The summed E-state index contributed by atoms with van der Waals surface area (Å²) >= 11 is 0. The topological polar surface area (TPSA) is 125 Å². The first-order valence-corrected chi connectivity index (χ1v) is 9.86. The van der Waals surface area contributed by atoms with E-state index in [2.05, 4.69) is 0 Å². The SMILES string of the molecule is COC(=O)CC(C1=C(O)c2ccccc2C(=O)C1=O)c1cc(OC)c(OC(C)=O)c(OC)c1. The summed E-state index contributed by atoms with van der Waals surface area (Å²) in [6, 6.07) is 9.02. The maximum absolute atomic E-state index is 13.1. The van der Waals surface area contributed by atoms with Gasteiger partial charge in [-0.1, -0.05) is 24.3 Å². The average molecular weight is 454 g/mol. The van der Waals surface area contributed by atoms with Gasteiger partial charge in [0.2, 0.25) is 17.3 Å². The molecule has 0 bridgehead atoms. The third-order valence-electron chi connectivity index (χ3n) is 5.21. The first-order valence-electron chi connectivity index (χ1n) is 9.86. The molecule has 1 aliphatic rings. The number of allylic oxidation sites excluding steroid dienone is 1. The van der Waals surface area contributed by atoms with Crippen molar-refractivity contribution >= 4 is 29.3 Å². The van der Waals surface area contributed by atoms with Gasteiger partial charge in [-0.15, -0.1) is 0 Å². The van der Waals surface area contributed by atoms with Crippen LogP contribution in [0.1, 0.15) is 40.7 Å². The van der Waals surface area contributed by atoms with Crippen LogP contribution in [-0.2, 0) is 19.1 Å². The Morgan fingerprint density at radius 3 is 2.03 bits per heavy atom. The molecule has 1 N–H and O–H groups in total. The number of carbonyl (C=O) groups excluding carboxylic acids is 4. The number of aliphatic hydroxyl groups is 1. The maximum atomic E-state index is 13.1. The molecule has 2 aromatic rings. The van der Waals surface area contributed by atoms with Crippen molar-refractivity contribution in [3.63, 3.8) is 0 Å². The lowest BCUT2D eigenvalue weighted by Gasteiger charge is -2.25. The van der Waals surface area contributed by atoms with Crippen molar-refractivity contribution in [3.8, 4) is 17.2 Å². The fourth-order valence-electron chi connectivity index (χ4n) is 3.69. The molecule has 0 spiro atoms. The van der Waals surface area contributed by atoms with E-state index in [4.69, 9.17) is 18.9 Å². The predicted molar refractivity (Wildman–Crippen MR) is 116 cm³/mol. The minimum absolute atomic E-state index is 0.00247. The highest BCUT2D eigenvalue weighted by atomic mass is 16.6. The molecule has 2 aromatic carbocycles. The fourth-order valence-corrected chi connectivity index (χ4v) is 3.69. The van der Waals surface area contributed by atoms with Gasteiger partial charge in [-0.05, 0) is 17.7 Å². The molecule has 0 saturated heterocycles. The number of ketones is 2. The standard InChI is InChI=1S/C24H22O9/c1-12(25)33-24-17(30-2)9-13(10-18(24)31-3)16(11-19(26)32-4)20-21(27)14-7-5-6-8-15(14)22(28)23(20)29/h5-10,16,27H,11H2,1-4H3. The molecule has 1 aliphatic carbocycles. The summed E-state index contributed by atoms with van der Waals surface area (Å²) in [5.74, 6) is -4.36. The summed E-state index contributed by atoms with van der Waals surface area (Å²) in [6.07, 6.45) is -0.365. The number of methoxy groups -OCH3 is 3. The van der Waals surface area contributed by atoms with E-state index in [9.17, 15) is 24.3 Å². The number of Topliss-reactive ketones (excluding diaryl/α,β-unsaturated/α-hetero) is 2. The Hall–Kier alpha value is -4.14. The Morgan fingerprint density at radius 2 is 1.52 bits per heavy atom. The molecule has 1 atom stereocenters. The number of aliphatic hydroxyl groups excluding tert-OH is 1. The van der Waals surface area contributed by atoms with Gasteiger partial charge < -0.3 is 24.1 Å². The molecule has 172 valence electrons. The van der Waals surface area contributed by atoms with Crippen LogP contribution in [0.15, 0.2) is 42.0 Å². The Morgan fingerprint density at radius 1 is 0.939 bits per heavy atom. The highest BCUT2D eigenvalue weighted by Gasteiger charge is 2.39. The van der Waals surface area contributed by atoms with Gasteiger partial charge in [0.25, 0.3) is 0 Å². The van der Waals surface area contributed by atoms with Crippen molar-refractivity contribution in [1.82, 2.24) is 0 Å². The van der Waals surface area contributed by atoms with Crippen molar-refractivity contribution in [2.45, 2.75) is 19.3 Å². The molecule has 0 saturated carbocycles. The van der Waals surface area contributed by atoms with Gasteiger partial charge in [0.1, 0.15) is 5.76 Å². The summed E-state index contributed by atoms with van der Waals surface area (Å²) < 4.78 is 20.6. The van der Waals surface area contributed by atoms with Gasteiger partial charge in [-0.25, -0.2) is 0 Å². The number of fused-ring (bicyclic) bond motifs is 1. The molecule has 0 heterocycles. The molecule has 33 heavy (non-hydrogen) atoms. The minimum atomic E-state index is -1.09. The molecular formula is C24H22O9. The van der Waals surface area contributed by atoms with Crippen LogP contribution in [0.4, 0.5) is 0 Å². The van der Waals surface area contributed by atoms with Crippen molar-refractivity contribution in [2.75, 3.05) is 21.3 Å². The van der Waals surface area contributed by atoms with Crippen molar-refractivity contribution < 1.29 is 43.2 Å². The lowest BCUT2D eigenvalue weighted by Crippen LogP contribution is -2.28. The summed E-state index contributed by atoms with van der Waals surface area (Å²) in [5, 5.41) is 11.0. The van der Waals surface area contributed by atoms with Crippen LogP contribution in [0.5, 0.6) is 17.2 Å². The summed E-state index contributed by atoms with van der Waals surface area (Å²) in [5.41, 5.74) is 0.295. The quantitative estimate of drug-likeness (QED) is 0.382. The molecule has 0 radical (unpaired) electrons. The monoisotopic (exact) mass is 454 g/mol. The second kappa shape index (κ2) is 9.56. The van der Waals surface area contributed by atoms with Gasteiger partial charge in [-0.2, -0.15) is 0 Å². The first kappa shape index (κ1) is 23.5. The molecule has 0 amide bonds. The Labute approximate surface area is 189 Å². The minimum Gasteiger partial charge on any atom is -0.507 e. The summed E-state index contributed by atoms with van der Waals surface area (Å²) in [6.45, 7) is 1.21. The zero-order chi connectivity index (χ0) is 24.3. The number of hydrogen-bond acceptors (Lipinski definition) is 9. The molecule has 1 unspecified atom stereocenters. The highest BCUT2D eigenvalue weighted by molar-refractivity contribution is 6.52. The number of benzene rings is 2. The van der Waals surface area contributed by atoms with E-state index < -0.39 is 35.2 Å². The number of hydrogen-bond donors (Lipinski definition) is 1. The van der Waals surface area contributed by atoms with E-state index >= 15 is 0 Å². The lowest BCUT2D eigenvalue weighted by atomic mass is 9.78. The highest BCUT2D eigenvalue weighted by Crippen LogP contribution is 2.45. The Kier molecular flexibility index (Phi) is 6.81. The number of carbonyl (C=O) groups is 4. The van der Waals surface area contributed by atoms with Gasteiger partial charge in [-0.3, -0.25) is 19.2 Å². The van der Waals surface area contributed by atoms with Crippen molar-refractivity contribution in [2.24, 2.45) is 0 Å². The third-order valence-corrected chi connectivity index (χ3v) is 5.21. The molecule has 0 aromatic heterocycles. The molecular weight excluding hydrogens is 432 g/mol. The van der Waals surface area contributed by atoms with Crippen LogP contribution in [0, 0.1) is 0 Å². The zero-order valence-electron chi connectivity index (χ0n) is 18.5. The number of rotatable bonds is 7. The van der Waals surface area contributed by atoms with Gasteiger partial charge in [0.05, 0.1) is 33.3 Å². The largest absolute Gasteiger partial charge is 0.507 e. The van der Waals surface area contributed by atoms with Crippen LogP contribution in [0.3, 0.4) is 0 Å². The van der Waals surface area contributed by atoms with E-state index in [0.29, 0.717) is 5.56 Å². The van der Waals surface area contributed by atoms with E-state index in [-0.39, 0.29) is 40.4 Å². The second-order valence-electron chi connectivity index (χ2n) is 7.15. The van der Waals surface area contributed by atoms with Crippen LogP contribution in [0.2, 0.25) is 0 Å². The van der Waals surface area contributed by atoms with Crippen LogP contribution < -0.4 is 14.2 Å². The normalized spacial score (nSPS) is 13.8. The predicted octanol–water partition coefficient (Wildman–Crippen LogP) is 3.01. The molecule has 9 heteroatoms. The van der Waals surface area contributed by atoms with E-state index in [1.807, 2.05) is 0 Å². The molecule has 0 aliphatic heterocycles. The third kappa shape index (κ3) is 4.43. The van der Waals surface area contributed by atoms with Crippen LogP contribution in [0.25, 0.3) is 5.76 Å². The van der Waals surface area contributed by atoms with Gasteiger partial charge >= 0.3 is 11.9 Å².